The average Bonchev–Trinajstić information content (AvgIpc) is 2.65. The minimum absolute atomic E-state index is 0.00647. The molecule has 1 heterocycles. The first-order valence-electron chi connectivity index (χ1n) is 5.03. The number of aromatic nitrogens is 2. The summed E-state index contributed by atoms with van der Waals surface area (Å²) < 4.78 is 2.03. The van der Waals surface area contributed by atoms with Crippen molar-refractivity contribution in [2.45, 2.75) is 19.9 Å². The summed E-state index contributed by atoms with van der Waals surface area (Å²) in [5.41, 5.74) is 9.25. The molecule has 0 saturated heterocycles. The Labute approximate surface area is 89.6 Å². The third-order valence-electron chi connectivity index (χ3n) is 2.41. The molecule has 3 heteroatoms. The number of nitrogens with zero attached hydrogens (tertiary/aromatic N) is 2. The van der Waals surface area contributed by atoms with E-state index in [4.69, 9.17) is 5.73 Å². The van der Waals surface area contributed by atoms with Crippen LogP contribution in [-0.2, 0) is 0 Å². The minimum Gasteiger partial charge on any atom is -0.323 e. The van der Waals surface area contributed by atoms with E-state index in [2.05, 4.69) is 30.1 Å². The van der Waals surface area contributed by atoms with E-state index in [1.807, 2.05) is 23.8 Å². The van der Waals surface area contributed by atoms with Gasteiger partial charge in [0.25, 0.3) is 0 Å². The van der Waals surface area contributed by atoms with E-state index in [1.165, 1.54) is 5.56 Å². The van der Waals surface area contributed by atoms with E-state index in [1.54, 1.807) is 6.33 Å². The third kappa shape index (κ3) is 1.92. The van der Waals surface area contributed by atoms with Gasteiger partial charge in [-0.15, -0.1) is 0 Å². The van der Waals surface area contributed by atoms with Crippen LogP contribution in [0.3, 0.4) is 0 Å². The highest BCUT2D eigenvalue weighted by atomic mass is 15.1. The predicted molar refractivity (Wildman–Crippen MR) is 60.9 cm³/mol. The lowest BCUT2D eigenvalue weighted by Crippen LogP contribution is -2.10. The first-order chi connectivity index (χ1) is 7.18. The fourth-order valence-electron chi connectivity index (χ4n) is 1.64. The second-order valence-corrected chi connectivity index (χ2v) is 3.82. The topological polar surface area (TPSA) is 43.8 Å². The van der Waals surface area contributed by atoms with Crippen molar-refractivity contribution in [3.63, 3.8) is 0 Å². The van der Waals surface area contributed by atoms with Gasteiger partial charge in [-0.3, -0.25) is 0 Å². The molecule has 0 saturated carbocycles. The Bertz CT molecular complexity index is 457. The zero-order valence-electron chi connectivity index (χ0n) is 9.01. The van der Waals surface area contributed by atoms with Gasteiger partial charge in [0.1, 0.15) is 0 Å². The van der Waals surface area contributed by atoms with E-state index in [0.717, 1.165) is 11.4 Å². The molecule has 2 N–H and O–H groups in total. The maximum atomic E-state index is 5.87. The second-order valence-electron chi connectivity index (χ2n) is 3.82. The van der Waals surface area contributed by atoms with Gasteiger partial charge in [0.2, 0.25) is 0 Å². The fraction of sp³-hybridized carbons (Fsp3) is 0.250. The Balaban J connectivity index is 2.49. The molecule has 0 aliphatic rings. The van der Waals surface area contributed by atoms with Gasteiger partial charge in [-0.2, -0.15) is 0 Å². The number of hydrogen-bond donors (Lipinski definition) is 1. The maximum absolute atomic E-state index is 5.87. The normalized spacial score (nSPS) is 12.7. The summed E-state index contributed by atoms with van der Waals surface area (Å²) in [5.74, 6) is 0. The van der Waals surface area contributed by atoms with Gasteiger partial charge in [-0.25, -0.2) is 4.98 Å². The van der Waals surface area contributed by atoms with E-state index in [0.29, 0.717) is 0 Å². The molecule has 1 atom stereocenters. The van der Waals surface area contributed by atoms with E-state index >= 15 is 0 Å². The van der Waals surface area contributed by atoms with Crippen molar-refractivity contribution in [2.75, 3.05) is 0 Å². The number of imidazole rings is 1. The zero-order chi connectivity index (χ0) is 10.8. The van der Waals surface area contributed by atoms with E-state index in [-0.39, 0.29) is 6.04 Å². The molecule has 0 fully saturated rings. The van der Waals surface area contributed by atoms with Crippen LogP contribution in [0.25, 0.3) is 5.69 Å². The predicted octanol–water partition coefficient (Wildman–Crippen LogP) is 2.20. The lowest BCUT2D eigenvalue weighted by atomic mass is 10.2. The van der Waals surface area contributed by atoms with Crippen LogP contribution in [-0.4, -0.2) is 9.55 Å². The van der Waals surface area contributed by atoms with Crippen LogP contribution in [0.1, 0.15) is 24.2 Å². The van der Waals surface area contributed by atoms with Gasteiger partial charge in [0, 0.05) is 11.7 Å². The summed E-state index contributed by atoms with van der Waals surface area (Å²) in [6, 6.07) is 8.28. The SMILES string of the molecule is Cc1cccc(-n2cncc2[C@H](C)N)c1. The highest BCUT2D eigenvalue weighted by Crippen LogP contribution is 2.16. The van der Waals surface area contributed by atoms with Gasteiger partial charge in [0.05, 0.1) is 18.2 Å². The molecule has 3 nitrogen and oxygen atoms in total. The van der Waals surface area contributed by atoms with Gasteiger partial charge in [-0.1, -0.05) is 12.1 Å². The van der Waals surface area contributed by atoms with Crippen molar-refractivity contribution in [1.82, 2.24) is 9.55 Å². The lowest BCUT2D eigenvalue weighted by molar-refractivity contribution is 0.752. The quantitative estimate of drug-likeness (QED) is 0.809. The lowest BCUT2D eigenvalue weighted by Gasteiger charge is -2.11. The van der Waals surface area contributed by atoms with E-state index in [9.17, 15) is 0 Å². The Morgan fingerprint density at radius 1 is 1.40 bits per heavy atom. The largest absolute Gasteiger partial charge is 0.323 e. The summed E-state index contributed by atoms with van der Waals surface area (Å²) in [6.45, 7) is 4.04. The zero-order valence-corrected chi connectivity index (χ0v) is 9.01. The summed E-state index contributed by atoms with van der Waals surface area (Å²) in [5, 5.41) is 0. The van der Waals surface area contributed by atoms with Crippen molar-refractivity contribution in [2.24, 2.45) is 5.73 Å². The maximum Gasteiger partial charge on any atom is 0.0994 e. The molecule has 2 aromatic rings. The molecule has 1 aromatic heterocycles. The van der Waals surface area contributed by atoms with Crippen molar-refractivity contribution in [1.29, 1.82) is 0 Å². The molecular weight excluding hydrogens is 186 g/mol. The first kappa shape index (κ1) is 9.93. The number of nitrogens with two attached hydrogens (primary N) is 1. The summed E-state index contributed by atoms with van der Waals surface area (Å²) in [7, 11) is 0. The summed E-state index contributed by atoms with van der Waals surface area (Å²) in [4.78, 5) is 4.13. The number of hydrogen-bond acceptors (Lipinski definition) is 2. The Hall–Kier alpha value is -1.61. The van der Waals surface area contributed by atoms with Crippen LogP contribution in [0.5, 0.6) is 0 Å². The molecule has 0 radical (unpaired) electrons. The average molecular weight is 201 g/mol. The molecule has 0 bridgehead atoms. The summed E-state index contributed by atoms with van der Waals surface area (Å²) in [6.07, 6.45) is 3.61. The van der Waals surface area contributed by atoms with Gasteiger partial charge < -0.3 is 10.3 Å². The van der Waals surface area contributed by atoms with Crippen LogP contribution >= 0.6 is 0 Å². The van der Waals surface area contributed by atoms with Crippen LogP contribution in [0.15, 0.2) is 36.8 Å². The van der Waals surface area contributed by atoms with Crippen LogP contribution in [0.4, 0.5) is 0 Å². The van der Waals surface area contributed by atoms with Crippen molar-refractivity contribution < 1.29 is 0 Å². The van der Waals surface area contributed by atoms with Crippen LogP contribution in [0, 0.1) is 6.92 Å². The summed E-state index contributed by atoms with van der Waals surface area (Å²) >= 11 is 0. The minimum atomic E-state index is -0.00647. The standard InChI is InChI=1S/C12H15N3/c1-9-4-3-5-11(6-9)15-8-14-7-12(15)10(2)13/h3-8,10H,13H2,1-2H3/t10-/m0/s1. The molecule has 1 aromatic carbocycles. The molecule has 15 heavy (non-hydrogen) atoms. The Morgan fingerprint density at radius 2 is 2.20 bits per heavy atom. The van der Waals surface area contributed by atoms with Crippen molar-refractivity contribution in [3.8, 4) is 5.69 Å². The van der Waals surface area contributed by atoms with Crippen LogP contribution < -0.4 is 5.73 Å². The molecule has 0 aliphatic carbocycles. The molecule has 0 unspecified atom stereocenters. The van der Waals surface area contributed by atoms with Crippen molar-refractivity contribution >= 4 is 0 Å². The second kappa shape index (κ2) is 3.87. The van der Waals surface area contributed by atoms with Gasteiger partial charge in [0.15, 0.2) is 0 Å². The number of aryl methyl sites for hydroxylation is 1. The van der Waals surface area contributed by atoms with Gasteiger partial charge in [-0.05, 0) is 31.5 Å². The number of benzene rings is 1. The third-order valence-corrected chi connectivity index (χ3v) is 2.41. The Morgan fingerprint density at radius 3 is 2.87 bits per heavy atom. The number of rotatable bonds is 2. The highest BCUT2D eigenvalue weighted by Gasteiger charge is 2.07. The van der Waals surface area contributed by atoms with E-state index < -0.39 is 0 Å². The monoisotopic (exact) mass is 201 g/mol. The first-order valence-corrected chi connectivity index (χ1v) is 5.03. The smallest absolute Gasteiger partial charge is 0.0994 e. The molecule has 0 spiro atoms. The Kier molecular flexibility index (Phi) is 2.56. The highest BCUT2D eigenvalue weighted by molar-refractivity contribution is 5.37. The molecular formula is C12H15N3. The molecule has 78 valence electrons. The molecule has 2 rings (SSSR count). The fourth-order valence-corrected chi connectivity index (χ4v) is 1.64. The van der Waals surface area contributed by atoms with Crippen LogP contribution in [0.2, 0.25) is 0 Å². The van der Waals surface area contributed by atoms with Crippen molar-refractivity contribution in [3.05, 3.63) is 48.0 Å². The van der Waals surface area contributed by atoms with Gasteiger partial charge >= 0.3 is 0 Å². The molecule has 0 amide bonds. The molecule has 0 aliphatic heterocycles.